The van der Waals surface area contributed by atoms with Crippen LogP contribution in [0.25, 0.3) is 0 Å². The molecule has 5 heteroatoms. The zero-order chi connectivity index (χ0) is 12.5. The van der Waals surface area contributed by atoms with Crippen molar-refractivity contribution in [1.29, 1.82) is 0 Å². The zero-order valence-corrected chi connectivity index (χ0v) is 11.1. The summed E-state index contributed by atoms with van der Waals surface area (Å²) < 4.78 is 1.95. The van der Waals surface area contributed by atoms with Gasteiger partial charge in [-0.15, -0.1) is 0 Å². The molecule has 0 saturated heterocycles. The van der Waals surface area contributed by atoms with E-state index in [0.717, 1.165) is 11.5 Å². The van der Waals surface area contributed by atoms with Gasteiger partial charge in [0.25, 0.3) is 0 Å². The Morgan fingerprint density at radius 3 is 2.78 bits per heavy atom. The van der Waals surface area contributed by atoms with E-state index in [0.29, 0.717) is 16.0 Å². The minimum absolute atomic E-state index is 0.506. The highest BCUT2D eigenvalue weighted by molar-refractivity contribution is 6.36. The predicted molar refractivity (Wildman–Crippen MR) is 73.9 cm³/mol. The summed E-state index contributed by atoms with van der Waals surface area (Å²) in [5, 5.41) is 1.19. The summed E-state index contributed by atoms with van der Waals surface area (Å²) in [6, 6.07) is 5.34. The van der Waals surface area contributed by atoms with E-state index in [2.05, 4.69) is 9.98 Å². The van der Waals surface area contributed by atoms with Crippen molar-refractivity contribution >= 4 is 34.7 Å². The van der Waals surface area contributed by atoms with Crippen LogP contribution in [0.4, 0.5) is 5.69 Å². The monoisotopic (exact) mass is 279 g/mol. The summed E-state index contributed by atoms with van der Waals surface area (Å²) in [6.45, 7) is 0. The van der Waals surface area contributed by atoms with Crippen LogP contribution in [0.3, 0.4) is 0 Å². The van der Waals surface area contributed by atoms with Crippen molar-refractivity contribution in [3.63, 3.8) is 0 Å². The molecule has 1 aliphatic carbocycles. The number of hydrogen-bond acceptors (Lipinski definition) is 2. The number of aromatic nitrogens is 2. The van der Waals surface area contributed by atoms with Crippen LogP contribution in [0, 0.1) is 5.92 Å². The molecule has 3 nitrogen and oxygen atoms in total. The van der Waals surface area contributed by atoms with Crippen molar-refractivity contribution in [3.05, 3.63) is 47.0 Å². The van der Waals surface area contributed by atoms with Crippen LogP contribution in [0.2, 0.25) is 10.0 Å². The predicted octanol–water partition coefficient (Wildman–Crippen LogP) is 4.18. The van der Waals surface area contributed by atoms with E-state index in [1.165, 1.54) is 12.8 Å². The fourth-order valence-corrected chi connectivity index (χ4v) is 2.24. The first-order chi connectivity index (χ1) is 8.74. The van der Waals surface area contributed by atoms with Crippen LogP contribution in [0.15, 0.2) is 41.9 Å². The Morgan fingerprint density at radius 2 is 2.17 bits per heavy atom. The Morgan fingerprint density at radius 1 is 1.33 bits per heavy atom. The zero-order valence-electron chi connectivity index (χ0n) is 9.55. The van der Waals surface area contributed by atoms with Gasteiger partial charge < -0.3 is 0 Å². The molecule has 3 rings (SSSR count). The van der Waals surface area contributed by atoms with Gasteiger partial charge in [0, 0.05) is 23.3 Å². The molecule has 18 heavy (non-hydrogen) atoms. The van der Waals surface area contributed by atoms with Gasteiger partial charge in [0.1, 0.15) is 12.2 Å². The van der Waals surface area contributed by atoms with E-state index < -0.39 is 0 Å². The minimum atomic E-state index is 0.506. The second kappa shape index (κ2) is 4.75. The van der Waals surface area contributed by atoms with Crippen molar-refractivity contribution in [2.45, 2.75) is 12.8 Å². The Balaban J connectivity index is 2.02. The summed E-state index contributed by atoms with van der Waals surface area (Å²) >= 11 is 12.0. The quantitative estimate of drug-likeness (QED) is 0.599. The molecule has 1 saturated carbocycles. The summed E-state index contributed by atoms with van der Waals surface area (Å²) in [7, 11) is 0. The third-order valence-corrected chi connectivity index (χ3v) is 3.39. The van der Waals surface area contributed by atoms with E-state index in [1.807, 2.05) is 16.8 Å². The first-order valence-corrected chi connectivity index (χ1v) is 6.51. The number of imidazole rings is 1. The van der Waals surface area contributed by atoms with Gasteiger partial charge in [-0.2, -0.15) is 0 Å². The standard InChI is InChI=1S/C13H11Cl2N3/c14-10-3-4-12(11(15)7-10)17-13(9-1-2-9)18-6-5-16-8-18/h3-9H,1-2H2. The van der Waals surface area contributed by atoms with Gasteiger partial charge in [-0.05, 0) is 31.0 Å². The lowest BCUT2D eigenvalue weighted by atomic mass is 10.3. The molecular weight excluding hydrogens is 269 g/mol. The molecule has 0 bridgehead atoms. The Kier molecular flexibility index (Phi) is 3.10. The molecule has 1 aromatic carbocycles. The van der Waals surface area contributed by atoms with Crippen molar-refractivity contribution in [1.82, 2.24) is 9.55 Å². The highest BCUT2D eigenvalue weighted by atomic mass is 35.5. The van der Waals surface area contributed by atoms with Gasteiger partial charge in [-0.3, -0.25) is 4.57 Å². The molecule has 0 N–H and O–H groups in total. The topological polar surface area (TPSA) is 30.2 Å². The SMILES string of the molecule is Clc1ccc(N=C(C2CC2)n2ccnc2)c(Cl)c1. The molecule has 1 fully saturated rings. The van der Waals surface area contributed by atoms with Gasteiger partial charge in [0.05, 0.1) is 10.7 Å². The van der Waals surface area contributed by atoms with Crippen LogP contribution in [0.1, 0.15) is 12.8 Å². The molecule has 92 valence electrons. The summed E-state index contributed by atoms with van der Waals surface area (Å²) in [6.07, 6.45) is 7.76. The van der Waals surface area contributed by atoms with Crippen molar-refractivity contribution in [2.75, 3.05) is 0 Å². The lowest BCUT2D eigenvalue weighted by Gasteiger charge is -2.07. The number of nitrogens with zero attached hydrogens (tertiary/aromatic N) is 3. The number of hydrogen-bond donors (Lipinski definition) is 0. The summed E-state index contributed by atoms with van der Waals surface area (Å²) in [5.74, 6) is 1.50. The van der Waals surface area contributed by atoms with E-state index in [9.17, 15) is 0 Å². The molecule has 0 aliphatic heterocycles. The van der Waals surface area contributed by atoms with Crippen molar-refractivity contribution in [2.24, 2.45) is 10.9 Å². The number of aliphatic imine (C=N–C) groups is 1. The molecule has 0 spiro atoms. The molecule has 0 radical (unpaired) electrons. The maximum atomic E-state index is 6.14. The van der Waals surface area contributed by atoms with Gasteiger partial charge in [0.2, 0.25) is 0 Å². The molecule has 0 unspecified atom stereocenters. The van der Waals surface area contributed by atoms with Gasteiger partial charge >= 0.3 is 0 Å². The first-order valence-electron chi connectivity index (χ1n) is 5.76. The van der Waals surface area contributed by atoms with Crippen molar-refractivity contribution < 1.29 is 0 Å². The van der Waals surface area contributed by atoms with Crippen LogP contribution in [-0.2, 0) is 0 Å². The molecule has 0 amide bonds. The summed E-state index contributed by atoms with van der Waals surface area (Å²) in [5.41, 5.74) is 0.747. The van der Waals surface area contributed by atoms with E-state index in [1.54, 1.807) is 24.7 Å². The highest BCUT2D eigenvalue weighted by Gasteiger charge is 2.29. The summed E-state index contributed by atoms with van der Waals surface area (Å²) in [4.78, 5) is 8.71. The second-order valence-electron chi connectivity index (χ2n) is 4.31. The number of rotatable bonds is 2. The molecule has 2 aromatic rings. The third kappa shape index (κ3) is 2.42. The largest absolute Gasteiger partial charge is 0.294 e. The smallest absolute Gasteiger partial charge is 0.117 e. The fraction of sp³-hybridized carbons (Fsp3) is 0.231. The van der Waals surface area contributed by atoms with E-state index in [-0.39, 0.29) is 0 Å². The van der Waals surface area contributed by atoms with Crippen LogP contribution < -0.4 is 0 Å². The maximum absolute atomic E-state index is 6.14. The van der Waals surface area contributed by atoms with Gasteiger partial charge in [0.15, 0.2) is 0 Å². The van der Waals surface area contributed by atoms with Crippen LogP contribution in [0.5, 0.6) is 0 Å². The van der Waals surface area contributed by atoms with E-state index >= 15 is 0 Å². The Bertz CT molecular complexity index is 586. The molecule has 0 atom stereocenters. The van der Waals surface area contributed by atoms with Crippen LogP contribution in [-0.4, -0.2) is 15.4 Å². The van der Waals surface area contributed by atoms with E-state index in [4.69, 9.17) is 23.2 Å². The number of benzene rings is 1. The lowest BCUT2D eigenvalue weighted by Crippen LogP contribution is -2.11. The average Bonchev–Trinajstić information content (AvgIpc) is 3.03. The average molecular weight is 280 g/mol. The first kappa shape index (κ1) is 11.8. The molecule has 1 aromatic heterocycles. The Hall–Kier alpha value is -1.32. The molecular formula is C13H11Cl2N3. The van der Waals surface area contributed by atoms with Gasteiger partial charge in [-0.25, -0.2) is 9.98 Å². The number of halogens is 2. The van der Waals surface area contributed by atoms with Gasteiger partial charge in [-0.1, -0.05) is 23.2 Å². The van der Waals surface area contributed by atoms with Crippen molar-refractivity contribution in [3.8, 4) is 0 Å². The fourth-order valence-electron chi connectivity index (χ4n) is 1.79. The minimum Gasteiger partial charge on any atom is -0.294 e. The lowest BCUT2D eigenvalue weighted by molar-refractivity contribution is 1.01. The third-order valence-electron chi connectivity index (χ3n) is 2.86. The Labute approximate surface area is 115 Å². The van der Waals surface area contributed by atoms with Crippen LogP contribution >= 0.6 is 23.2 Å². The molecule has 1 heterocycles. The molecule has 1 aliphatic rings. The maximum Gasteiger partial charge on any atom is 0.117 e. The highest BCUT2D eigenvalue weighted by Crippen LogP contribution is 2.35. The second-order valence-corrected chi connectivity index (χ2v) is 5.15. The normalized spacial score (nSPS) is 16.0.